The molecule has 3 rings (SSSR count). The molecule has 0 bridgehead atoms. The van der Waals surface area contributed by atoms with Gasteiger partial charge in [-0.1, -0.05) is 24.6 Å². The van der Waals surface area contributed by atoms with Crippen LogP contribution in [0.5, 0.6) is 11.5 Å². The maximum Gasteiger partial charge on any atom is 0.270 e. The van der Waals surface area contributed by atoms with Crippen LogP contribution in [0.1, 0.15) is 35.3 Å². The fourth-order valence-electron chi connectivity index (χ4n) is 2.74. The second kappa shape index (κ2) is 7.61. The Hall–Kier alpha value is -2.80. The Balaban J connectivity index is 1.80. The quantitative estimate of drug-likeness (QED) is 0.631. The number of carbonyl (C=O) groups is 1. The minimum atomic E-state index is -0.558. The van der Waals surface area contributed by atoms with Gasteiger partial charge in [-0.15, -0.1) is 0 Å². The van der Waals surface area contributed by atoms with Gasteiger partial charge in [-0.25, -0.2) is 0 Å². The summed E-state index contributed by atoms with van der Waals surface area (Å²) in [5, 5.41) is 13.7. The molecule has 2 aromatic rings. The van der Waals surface area contributed by atoms with Crippen LogP contribution in [-0.4, -0.2) is 24.0 Å². The van der Waals surface area contributed by atoms with Crippen molar-refractivity contribution < 1.29 is 19.2 Å². The summed E-state index contributed by atoms with van der Waals surface area (Å²) in [4.78, 5) is 22.8. The number of non-ortho nitro benzene ring substituents is 1. The van der Waals surface area contributed by atoms with E-state index in [0.29, 0.717) is 31.1 Å². The number of amides is 1. The van der Waals surface area contributed by atoms with E-state index < -0.39 is 10.8 Å². The summed E-state index contributed by atoms with van der Waals surface area (Å²) < 4.78 is 11.1. The third-order valence-electron chi connectivity index (χ3n) is 4.09. The largest absolute Gasteiger partial charge is 0.486 e. The molecule has 0 aromatic heterocycles. The van der Waals surface area contributed by atoms with Gasteiger partial charge in [0.05, 0.1) is 21.6 Å². The van der Waals surface area contributed by atoms with Gasteiger partial charge in [-0.2, -0.15) is 0 Å². The van der Waals surface area contributed by atoms with E-state index in [-0.39, 0.29) is 22.3 Å². The van der Waals surface area contributed by atoms with Crippen LogP contribution in [0.15, 0.2) is 36.4 Å². The van der Waals surface area contributed by atoms with E-state index in [1.165, 1.54) is 18.2 Å². The first-order chi connectivity index (χ1) is 12.5. The molecule has 0 spiro atoms. The van der Waals surface area contributed by atoms with Crippen LogP contribution in [0.25, 0.3) is 0 Å². The Morgan fingerprint density at radius 3 is 2.62 bits per heavy atom. The summed E-state index contributed by atoms with van der Waals surface area (Å²) >= 11 is 6.03. The van der Waals surface area contributed by atoms with Crippen molar-refractivity contribution in [2.45, 2.75) is 19.4 Å². The molecule has 0 fully saturated rings. The van der Waals surface area contributed by atoms with E-state index in [0.717, 1.165) is 5.56 Å². The monoisotopic (exact) mass is 376 g/mol. The number of rotatable bonds is 5. The van der Waals surface area contributed by atoms with Crippen molar-refractivity contribution in [1.82, 2.24) is 5.32 Å². The molecular weight excluding hydrogens is 360 g/mol. The zero-order valence-corrected chi connectivity index (χ0v) is 14.8. The molecule has 8 heteroatoms. The average molecular weight is 377 g/mol. The fraction of sp³-hybridized carbons (Fsp3) is 0.278. The van der Waals surface area contributed by atoms with Crippen molar-refractivity contribution in [2.75, 3.05) is 13.2 Å². The first-order valence-electron chi connectivity index (χ1n) is 8.14. The van der Waals surface area contributed by atoms with E-state index in [2.05, 4.69) is 5.32 Å². The molecule has 0 aliphatic carbocycles. The number of benzene rings is 2. The van der Waals surface area contributed by atoms with Gasteiger partial charge in [-0.05, 0) is 30.2 Å². The van der Waals surface area contributed by atoms with Gasteiger partial charge >= 0.3 is 0 Å². The third kappa shape index (κ3) is 3.72. The molecule has 0 saturated carbocycles. The van der Waals surface area contributed by atoms with Crippen LogP contribution >= 0.6 is 11.6 Å². The number of hydrogen-bond donors (Lipinski definition) is 1. The number of ether oxygens (including phenoxy) is 2. The van der Waals surface area contributed by atoms with Crippen LogP contribution in [-0.2, 0) is 0 Å². The van der Waals surface area contributed by atoms with Gasteiger partial charge in [0.25, 0.3) is 11.6 Å². The predicted octanol–water partition coefficient (Wildman–Crippen LogP) is 3.90. The van der Waals surface area contributed by atoms with Gasteiger partial charge in [0, 0.05) is 12.1 Å². The summed E-state index contributed by atoms with van der Waals surface area (Å²) in [7, 11) is 0. The Morgan fingerprint density at radius 2 is 1.96 bits per heavy atom. The van der Waals surface area contributed by atoms with Gasteiger partial charge in [0.1, 0.15) is 13.2 Å². The zero-order valence-electron chi connectivity index (χ0n) is 14.0. The lowest BCUT2D eigenvalue weighted by Gasteiger charge is -2.22. The van der Waals surface area contributed by atoms with Gasteiger partial charge in [-0.3, -0.25) is 14.9 Å². The van der Waals surface area contributed by atoms with Crippen molar-refractivity contribution in [1.29, 1.82) is 0 Å². The summed E-state index contributed by atoms with van der Waals surface area (Å²) in [6.07, 6.45) is 0.649. The number of nitrogens with one attached hydrogen (secondary N) is 1. The molecule has 136 valence electrons. The molecule has 1 atom stereocenters. The second-order valence-electron chi connectivity index (χ2n) is 5.76. The lowest BCUT2D eigenvalue weighted by atomic mass is 10.0. The lowest BCUT2D eigenvalue weighted by molar-refractivity contribution is -0.384. The number of nitrogens with zero attached hydrogens (tertiary/aromatic N) is 1. The van der Waals surface area contributed by atoms with Gasteiger partial charge in [0.15, 0.2) is 11.5 Å². The summed E-state index contributed by atoms with van der Waals surface area (Å²) in [6.45, 7) is 2.94. The van der Waals surface area contributed by atoms with E-state index in [1.807, 2.05) is 25.1 Å². The highest BCUT2D eigenvalue weighted by Crippen LogP contribution is 2.33. The molecule has 0 saturated heterocycles. The fourth-order valence-corrected chi connectivity index (χ4v) is 3.00. The molecule has 1 heterocycles. The molecule has 1 unspecified atom stereocenters. The molecular formula is C18H17ClN2O5. The normalized spacial score (nSPS) is 13.8. The van der Waals surface area contributed by atoms with Crippen molar-refractivity contribution in [3.63, 3.8) is 0 Å². The molecule has 1 N–H and O–H groups in total. The molecule has 1 amide bonds. The Kier molecular flexibility index (Phi) is 5.27. The number of fused-ring (bicyclic) bond motifs is 1. The third-order valence-corrected chi connectivity index (χ3v) is 4.40. The number of hydrogen-bond acceptors (Lipinski definition) is 5. The Morgan fingerprint density at radius 1 is 1.23 bits per heavy atom. The highest BCUT2D eigenvalue weighted by Gasteiger charge is 2.20. The number of halogens is 1. The van der Waals surface area contributed by atoms with Crippen LogP contribution in [0, 0.1) is 10.1 Å². The van der Waals surface area contributed by atoms with Crippen molar-refractivity contribution >= 4 is 23.2 Å². The van der Waals surface area contributed by atoms with E-state index in [4.69, 9.17) is 21.1 Å². The molecule has 1 aliphatic heterocycles. The van der Waals surface area contributed by atoms with Crippen LogP contribution in [0.4, 0.5) is 5.69 Å². The maximum absolute atomic E-state index is 12.6. The highest BCUT2D eigenvalue weighted by molar-refractivity contribution is 6.34. The first kappa shape index (κ1) is 18.0. The maximum atomic E-state index is 12.6. The van der Waals surface area contributed by atoms with Gasteiger partial charge in [0.2, 0.25) is 0 Å². The standard InChI is InChI=1S/C18H17ClN2O5/c1-2-15(11-3-6-16-17(9-11)26-8-7-25-16)20-18(22)13-5-4-12(21(23)24)10-14(13)19/h3-6,9-10,15H,2,7-8H2,1H3,(H,20,22). The van der Waals surface area contributed by atoms with Crippen molar-refractivity contribution in [3.8, 4) is 11.5 Å². The topological polar surface area (TPSA) is 90.7 Å². The highest BCUT2D eigenvalue weighted by atomic mass is 35.5. The molecule has 7 nitrogen and oxygen atoms in total. The Labute approximate surface area is 155 Å². The Bertz CT molecular complexity index is 855. The van der Waals surface area contributed by atoms with Crippen molar-refractivity contribution in [3.05, 3.63) is 62.7 Å². The minimum absolute atomic E-state index is 0.0359. The predicted molar refractivity (Wildman–Crippen MR) is 96.0 cm³/mol. The van der Waals surface area contributed by atoms with E-state index >= 15 is 0 Å². The molecule has 0 radical (unpaired) electrons. The van der Waals surface area contributed by atoms with Crippen LogP contribution < -0.4 is 14.8 Å². The van der Waals surface area contributed by atoms with E-state index in [1.54, 1.807) is 0 Å². The average Bonchev–Trinajstić information content (AvgIpc) is 2.65. The van der Waals surface area contributed by atoms with E-state index in [9.17, 15) is 14.9 Å². The van der Waals surface area contributed by atoms with Crippen molar-refractivity contribution in [2.24, 2.45) is 0 Å². The first-order valence-corrected chi connectivity index (χ1v) is 8.51. The zero-order chi connectivity index (χ0) is 18.7. The smallest absolute Gasteiger partial charge is 0.270 e. The van der Waals surface area contributed by atoms with Crippen LogP contribution in [0.2, 0.25) is 5.02 Å². The summed E-state index contributed by atoms with van der Waals surface area (Å²) in [5.41, 5.74) is 0.904. The number of nitro benzene ring substituents is 1. The van der Waals surface area contributed by atoms with Gasteiger partial charge < -0.3 is 14.8 Å². The van der Waals surface area contributed by atoms with Crippen LogP contribution in [0.3, 0.4) is 0 Å². The second-order valence-corrected chi connectivity index (χ2v) is 6.17. The summed E-state index contributed by atoms with van der Waals surface area (Å²) in [6, 6.07) is 9.06. The SMILES string of the molecule is CCC(NC(=O)c1ccc([N+](=O)[O-])cc1Cl)c1ccc2c(c1)OCCO2. The molecule has 26 heavy (non-hydrogen) atoms. The number of carbonyl (C=O) groups excluding carboxylic acids is 1. The molecule has 2 aromatic carbocycles. The molecule has 1 aliphatic rings. The lowest BCUT2D eigenvalue weighted by Crippen LogP contribution is -2.28. The number of nitro groups is 1. The summed E-state index contributed by atoms with van der Waals surface area (Å²) in [5.74, 6) is 0.932. The minimum Gasteiger partial charge on any atom is -0.486 e.